The molecular formula is C46H87NO10. The van der Waals surface area contributed by atoms with Gasteiger partial charge >= 0.3 is 0 Å². The number of allylic oxidation sites excluding steroid dienone is 4. The first-order valence-corrected chi connectivity index (χ1v) is 23.2. The molecule has 336 valence electrons. The Morgan fingerprint density at radius 3 is 1.51 bits per heavy atom. The Morgan fingerprint density at radius 2 is 1.04 bits per heavy atom. The maximum absolute atomic E-state index is 13.1. The van der Waals surface area contributed by atoms with Gasteiger partial charge in [-0.25, -0.2) is 0 Å². The van der Waals surface area contributed by atoms with E-state index in [1.54, 1.807) is 0 Å². The number of carbonyl (C=O) groups is 1. The fraction of sp³-hybridized carbons (Fsp3) is 0.891. The van der Waals surface area contributed by atoms with Crippen molar-refractivity contribution in [2.24, 2.45) is 0 Å². The number of ether oxygens (including phenoxy) is 2. The van der Waals surface area contributed by atoms with Crippen LogP contribution in [0, 0.1) is 0 Å². The van der Waals surface area contributed by atoms with Gasteiger partial charge in [0.05, 0.1) is 25.4 Å². The van der Waals surface area contributed by atoms with Crippen LogP contribution in [0.15, 0.2) is 24.3 Å². The number of carbonyl (C=O) groups excluding carboxylic acids is 1. The molecule has 1 aliphatic heterocycles. The van der Waals surface area contributed by atoms with E-state index in [4.69, 9.17) is 9.47 Å². The van der Waals surface area contributed by atoms with Crippen LogP contribution in [-0.4, -0.2) is 110 Å². The van der Waals surface area contributed by atoms with Gasteiger partial charge in [0.1, 0.15) is 36.6 Å². The zero-order valence-electron chi connectivity index (χ0n) is 36.1. The summed E-state index contributed by atoms with van der Waals surface area (Å²) in [7, 11) is 0. The molecule has 11 heteroatoms. The van der Waals surface area contributed by atoms with Gasteiger partial charge in [-0.1, -0.05) is 154 Å². The van der Waals surface area contributed by atoms with Crippen molar-refractivity contribution in [3.05, 3.63) is 24.3 Å². The largest absolute Gasteiger partial charge is 0.394 e. The van der Waals surface area contributed by atoms with Crippen LogP contribution in [0.25, 0.3) is 0 Å². The van der Waals surface area contributed by atoms with E-state index in [2.05, 4.69) is 43.5 Å². The first-order chi connectivity index (χ1) is 27.7. The molecule has 8 N–H and O–H groups in total. The molecule has 0 saturated carbocycles. The quantitative estimate of drug-likeness (QED) is 0.0230. The van der Waals surface area contributed by atoms with Crippen LogP contribution >= 0.6 is 0 Å². The van der Waals surface area contributed by atoms with Crippen LogP contribution in [0.4, 0.5) is 0 Å². The lowest BCUT2D eigenvalue weighted by Crippen LogP contribution is -2.60. The minimum Gasteiger partial charge on any atom is -0.394 e. The Morgan fingerprint density at radius 1 is 0.596 bits per heavy atom. The van der Waals surface area contributed by atoms with Gasteiger partial charge in [-0.15, -0.1) is 0 Å². The Kier molecular flexibility index (Phi) is 34.3. The van der Waals surface area contributed by atoms with Crippen LogP contribution in [0.1, 0.15) is 194 Å². The second-order valence-electron chi connectivity index (χ2n) is 16.5. The first-order valence-electron chi connectivity index (χ1n) is 23.2. The molecule has 0 aromatic rings. The van der Waals surface area contributed by atoms with Gasteiger partial charge in [0.15, 0.2) is 6.29 Å². The topological polar surface area (TPSA) is 189 Å². The molecule has 1 aliphatic rings. The zero-order chi connectivity index (χ0) is 41.9. The summed E-state index contributed by atoms with van der Waals surface area (Å²) < 4.78 is 11.1. The average Bonchev–Trinajstić information content (AvgIpc) is 3.21. The van der Waals surface area contributed by atoms with Gasteiger partial charge < -0.3 is 50.5 Å². The fourth-order valence-electron chi connectivity index (χ4n) is 7.32. The van der Waals surface area contributed by atoms with E-state index in [-0.39, 0.29) is 12.8 Å². The second-order valence-corrected chi connectivity index (χ2v) is 16.5. The van der Waals surface area contributed by atoms with E-state index in [9.17, 15) is 40.5 Å². The van der Waals surface area contributed by atoms with Crippen LogP contribution < -0.4 is 5.32 Å². The monoisotopic (exact) mass is 814 g/mol. The van der Waals surface area contributed by atoms with Gasteiger partial charge in [-0.05, 0) is 64.2 Å². The SMILES string of the molecule is CCCCCCCC/C=C\CCCCCCCCC(O)C(=O)NC(COC1OC(CO)C(O)C(O)C1O)C(O)C(O)CCC/C=C/CCCCCCCCCCC. The third-order valence-electron chi connectivity index (χ3n) is 11.2. The van der Waals surface area contributed by atoms with Crippen LogP contribution in [0.5, 0.6) is 0 Å². The molecular weight excluding hydrogens is 727 g/mol. The highest BCUT2D eigenvalue weighted by Gasteiger charge is 2.44. The molecule has 11 nitrogen and oxygen atoms in total. The van der Waals surface area contributed by atoms with Crippen molar-refractivity contribution in [2.75, 3.05) is 13.2 Å². The summed E-state index contributed by atoms with van der Waals surface area (Å²) in [5.74, 6) is -0.712. The molecule has 0 aromatic carbocycles. The van der Waals surface area contributed by atoms with Crippen molar-refractivity contribution < 1.29 is 50.0 Å². The number of hydrogen-bond acceptors (Lipinski definition) is 10. The van der Waals surface area contributed by atoms with Crippen LogP contribution in [-0.2, 0) is 14.3 Å². The highest BCUT2D eigenvalue weighted by molar-refractivity contribution is 5.80. The van der Waals surface area contributed by atoms with Gasteiger partial charge in [-0.2, -0.15) is 0 Å². The van der Waals surface area contributed by atoms with Crippen molar-refractivity contribution in [1.29, 1.82) is 0 Å². The first kappa shape index (κ1) is 53.6. The maximum atomic E-state index is 13.1. The summed E-state index contributed by atoms with van der Waals surface area (Å²) in [5.41, 5.74) is 0. The summed E-state index contributed by atoms with van der Waals surface area (Å²) in [5, 5.41) is 75.6. The van der Waals surface area contributed by atoms with Gasteiger partial charge in [0.2, 0.25) is 5.91 Å². The molecule has 57 heavy (non-hydrogen) atoms. The van der Waals surface area contributed by atoms with Crippen molar-refractivity contribution >= 4 is 5.91 Å². The smallest absolute Gasteiger partial charge is 0.249 e. The maximum Gasteiger partial charge on any atom is 0.249 e. The molecule has 1 amide bonds. The van der Waals surface area contributed by atoms with Gasteiger partial charge in [0, 0.05) is 0 Å². The molecule has 1 rings (SSSR count). The molecule has 0 aromatic heterocycles. The van der Waals surface area contributed by atoms with E-state index in [0.717, 1.165) is 57.8 Å². The van der Waals surface area contributed by atoms with E-state index in [0.29, 0.717) is 12.8 Å². The summed E-state index contributed by atoms with van der Waals surface area (Å²) >= 11 is 0. The Balaban J connectivity index is 2.49. The van der Waals surface area contributed by atoms with E-state index >= 15 is 0 Å². The van der Waals surface area contributed by atoms with Crippen molar-refractivity contribution in [2.45, 2.75) is 249 Å². The van der Waals surface area contributed by atoms with Gasteiger partial charge in [-0.3, -0.25) is 4.79 Å². The Hall–Kier alpha value is -1.41. The van der Waals surface area contributed by atoms with E-state index < -0.39 is 74.2 Å². The highest BCUT2D eigenvalue weighted by Crippen LogP contribution is 2.23. The molecule has 1 heterocycles. The molecule has 9 unspecified atom stereocenters. The summed E-state index contributed by atoms with van der Waals surface area (Å²) in [6, 6.07) is -1.18. The van der Waals surface area contributed by atoms with E-state index in [1.165, 1.54) is 96.3 Å². The summed E-state index contributed by atoms with van der Waals surface area (Å²) in [6.45, 7) is 3.41. The number of nitrogens with one attached hydrogen (secondary N) is 1. The normalized spacial score (nSPS) is 22.3. The second kappa shape index (κ2) is 36.4. The zero-order valence-corrected chi connectivity index (χ0v) is 36.1. The lowest BCUT2D eigenvalue weighted by Gasteiger charge is -2.40. The lowest BCUT2D eigenvalue weighted by atomic mass is 9.98. The van der Waals surface area contributed by atoms with Crippen molar-refractivity contribution in [3.8, 4) is 0 Å². The van der Waals surface area contributed by atoms with Crippen LogP contribution in [0.2, 0.25) is 0 Å². The number of unbranched alkanes of at least 4 members (excludes halogenated alkanes) is 22. The number of hydrogen-bond donors (Lipinski definition) is 8. The predicted octanol–water partition coefficient (Wildman–Crippen LogP) is 7.45. The number of aliphatic hydroxyl groups is 7. The molecule has 1 fully saturated rings. The standard InChI is InChI=1S/C46H87NO10/c1-3-5-7-9-11-13-15-17-19-20-22-24-26-28-30-32-34-39(50)45(55)47-37(36-56-46-44(54)43(53)42(52)40(35-48)57-46)41(51)38(49)33-31-29-27-25-23-21-18-16-14-12-10-8-6-4-2/h17,19,25,27,37-44,46,48-54H,3-16,18,20-24,26,28-36H2,1-2H3,(H,47,55)/b19-17-,27-25+. The molecule has 0 bridgehead atoms. The predicted molar refractivity (Wildman–Crippen MR) is 229 cm³/mol. The van der Waals surface area contributed by atoms with Crippen molar-refractivity contribution in [3.63, 3.8) is 0 Å². The minimum atomic E-state index is -1.67. The van der Waals surface area contributed by atoms with Crippen molar-refractivity contribution in [1.82, 2.24) is 5.32 Å². The summed E-state index contributed by atoms with van der Waals surface area (Å²) in [4.78, 5) is 13.1. The third kappa shape index (κ3) is 26.4. The van der Waals surface area contributed by atoms with Crippen LogP contribution in [0.3, 0.4) is 0 Å². The Bertz CT molecular complexity index is 981. The average molecular weight is 814 g/mol. The lowest BCUT2D eigenvalue weighted by molar-refractivity contribution is -0.303. The number of aliphatic hydroxyl groups excluding tert-OH is 7. The molecule has 1 saturated heterocycles. The molecule has 0 radical (unpaired) electrons. The highest BCUT2D eigenvalue weighted by atomic mass is 16.7. The van der Waals surface area contributed by atoms with Gasteiger partial charge in [0.25, 0.3) is 0 Å². The molecule has 0 aliphatic carbocycles. The third-order valence-corrected chi connectivity index (χ3v) is 11.2. The molecule has 9 atom stereocenters. The number of rotatable bonds is 38. The fourth-order valence-corrected chi connectivity index (χ4v) is 7.32. The minimum absolute atomic E-state index is 0.247. The van der Waals surface area contributed by atoms with E-state index in [1.807, 2.05) is 0 Å². The molecule has 0 spiro atoms. The number of amides is 1. The Labute approximate surface area is 346 Å². The summed E-state index contributed by atoms with van der Waals surface area (Å²) in [6.07, 6.45) is 28.0.